The minimum Gasteiger partial charge on any atom is -0.368 e. The van der Waals surface area contributed by atoms with E-state index in [4.69, 9.17) is 0 Å². The molecule has 0 bridgehead atoms. The van der Waals surface area contributed by atoms with E-state index in [-0.39, 0.29) is 16.8 Å². The standard InChI is InChI=1S/C20H24FN5O2S/c1-15-10-17(21)6-7-20(15)24-8-9-26(16(2)12-24)29(27,28)19-5-3-4-18(11-19)25-14-22-13-23-25/h3-7,10-11,14,16,23H,8-9,12-13H2,1-2H3/t16-/m1/s1. The van der Waals surface area contributed by atoms with Crippen LogP contribution in [0.1, 0.15) is 12.5 Å². The number of nitrogens with zero attached hydrogens (tertiary/aromatic N) is 4. The predicted molar refractivity (Wildman–Crippen MR) is 112 cm³/mol. The minimum atomic E-state index is -3.64. The summed E-state index contributed by atoms with van der Waals surface area (Å²) in [7, 11) is -3.64. The summed E-state index contributed by atoms with van der Waals surface area (Å²) < 4.78 is 41.6. The number of nitrogens with one attached hydrogen (secondary N) is 1. The predicted octanol–water partition coefficient (Wildman–Crippen LogP) is 2.34. The molecule has 0 amide bonds. The molecule has 4 rings (SSSR count). The van der Waals surface area contributed by atoms with E-state index in [2.05, 4.69) is 15.3 Å². The van der Waals surface area contributed by atoms with Crippen molar-refractivity contribution < 1.29 is 12.8 Å². The van der Waals surface area contributed by atoms with Gasteiger partial charge in [-0.15, -0.1) is 0 Å². The summed E-state index contributed by atoms with van der Waals surface area (Å²) in [5.74, 6) is -0.266. The Hall–Kier alpha value is -2.49. The summed E-state index contributed by atoms with van der Waals surface area (Å²) in [6.45, 7) is 5.71. The third kappa shape index (κ3) is 3.85. The van der Waals surface area contributed by atoms with Gasteiger partial charge in [0.25, 0.3) is 0 Å². The fourth-order valence-electron chi connectivity index (χ4n) is 3.86. The SMILES string of the molecule is Cc1cc(F)ccc1N1CCN(S(=O)(=O)c2cccc(N3C=NCN3)c2)[C@H](C)C1. The van der Waals surface area contributed by atoms with Gasteiger partial charge in [-0.2, -0.15) is 4.31 Å². The average molecular weight is 418 g/mol. The molecule has 9 heteroatoms. The third-order valence-electron chi connectivity index (χ3n) is 5.30. The molecular weight excluding hydrogens is 393 g/mol. The van der Waals surface area contributed by atoms with E-state index in [1.165, 1.54) is 12.1 Å². The first-order valence-corrected chi connectivity index (χ1v) is 11.0. The molecule has 2 aromatic carbocycles. The number of benzene rings is 2. The highest BCUT2D eigenvalue weighted by atomic mass is 32.2. The smallest absolute Gasteiger partial charge is 0.243 e. The Balaban J connectivity index is 1.54. The lowest BCUT2D eigenvalue weighted by Gasteiger charge is -2.40. The molecule has 0 unspecified atom stereocenters. The fourth-order valence-corrected chi connectivity index (χ4v) is 5.51. The zero-order valence-corrected chi connectivity index (χ0v) is 17.2. The Labute approximate surface area is 170 Å². The van der Waals surface area contributed by atoms with Crippen molar-refractivity contribution in [1.82, 2.24) is 9.73 Å². The van der Waals surface area contributed by atoms with Crippen molar-refractivity contribution in [3.63, 3.8) is 0 Å². The van der Waals surface area contributed by atoms with Gasteiger partial charge in [0.05, 0.1) is 10.6 Å². The van der Waals surface area contributed by atoms with Crippen LogP contribution in [0, 0.1) is 12.7 Å². The Morgan fingerprint density at radius 2 is 2.00 bits per heavy atom. The monoisotopic (exact) mass is 417 g/mol. The summed E-state index contributed by atoms with van der Waals surface area (Å²) in [6.07, 6.45) is 1.64. The molecule has 154 valence electrons. The molecule has 1 saturated heterocycles. The molecule has 2 aliphatic rings. The van der Waals surface area contributed by atoms with Gasteiger partial charge in [-0.05, 0) is 55.8 Å². The number of hydrogen-bond donors (Lipinski definition) is 1. The van der Waals surface area contributed by atoms with Gasteiger partial charge in [-0.1, -0.05) is 6.07 Å². The van der Waals surface area contributed by atoms with E-state index in [1.54, 1.807) is 39.9 Å². The van der Waals surface area contributed by atoms with Crippen molar-refractivity contribution in [3.05, 3.63) is 53.8 Å². The maximum atomic E-state index is 13.4. The van der Waals surface area contributed by atoms with Crippen LogP contribution in [0.5, 0.6) is 0 Å². The van der Waals surface area contributed by atoms with Gasteiger partial charge in [-0.25, -0.2) is 18.2 Å². The Morgan fingerprint density at radius 3 is 2.69 bits per heavy atom. The maximum Gasteiger partial charge on any atom is 0.243 e. The van der Waals surface area contributed by atoms with E-state index >= 15 is 0 Å². The number of aliphatic imine (C=N–C) groups is 1. The normalized spacial score (nSPS) is 20.4. The molecule has 1 atom stereocenters. The molecule has 0 aliphatic carbocycles. The second-order valence-corrected chi connectivity index (χ2v) is 9.21. The quantitative estimate of drug-likeness (QED) is 0.827. The van der Waals surface area contributed by atoms with Gasteiger partial charge in [-0.3, -0.25) is 10.0 Å². The van der Waals surface area contributed by atoms with Crippen LogP contribution in [0.4, 0.5) is 15.8 Å². The zero-order chi connectivity index (χ0) is 20.6. The summed E-state index contributed by atoms with van der Waals surface area (Å²) in [5, 5.41) is 1.71. The second kappa shape index (κ2) is 7.74. The lowest BCUT2D eigenvalue weighted by molar-refractivity contribution is 0.306. The van der Waals surface area contributed by atoms with Crippen LogP contribution in [0.2, 0.25) is 0 Å². The van der Waals surface area contributed by atoms with Crippen LogP contribution < -0.4 is 15.3 Å². The van der Waals surface area contributed by atoms with E-state index in [0.717, 1.165) is 16.9 Å². The van der Waals surface area contributed by atoms with Crippen LogP contribution in [0.15, 0.2) is 52.4 Å². The molecule has 7 nitrogen and oxygen atoms in total. The van der Waals surface area contributed by atoms with Crippen molar-refractivity contribution >= 4 is 27.7 Å². The molecule has 0 radical (unpaired) electrons. The highest BCUT2D eigenvalue weighted by Gasteiger charge is 2.34. The van der Waals surface area contributed by atoms with Crippen LogP contribution in [-0.2, 0) is 10.0 Å². The van der Waals surface area contributed by atoms with E-state index in [1.807, 2.05) is 19.9 Å². The van der Waals surface area contributed by atoms with Gasteiger partial charge in [0.15, 0.2) is 0 Å². The largest absolute Gasteiger partial charge is 0.368 e. The number of anilines is 2. The first-order chi connectivity index (χ1) is 13.9. The first kappa shape index (κ1) is 19.8. The van der Waals surface area contributed by atoms with Crippen molar-refractivity contribution in [1.29, 1.82) is 0 Å². The lowest BCUT2D eigenvalue weighted by atomic mass is 10.1. The van der Waals surface area contributed by atoms with Crippen molar-refractivity contribution in [2.24, 2.45) is 4.99 Å². The van der Waals surface area contributed by atoms with Gasteiger partial charge in [0, 0.05) is 31.4 Å². The van der Waals surface area contributed by atoms with Gasteiger partial charge >= 0.3 is 0 Å². The molecule has 29 heavy (non-hydrogen) atoms. The number of halogens is 1. The number of aryl methyl sites for hydroxylation is 1. The number of piperazine rings is 1. The van der Waals surface area contributed by atoms with Crippen LogP contribution in [-0.4, -0.2) is 51.4 Å². The Morgan fingerprint density at radius 1 is 1.17 bits per heavy atom. The van der Waals surface area contributed by atoms with Crippen molar-refractivity contribution in [2.45, 2.75) is 24.8 Å². The average Bonchev–Trinajstić information content (AvgIpc) is 3.23. The highest BCUT2D eigenvalue weighted by Crippen LogP contribution is 2.28. The van der Waals surface area contributed by atoms with Crippen LogP contribution in [0.3, 0.4) is 0 Å². The number of hydrogen-bond acceptors (Lipinski definition) is 6. The van der Waals surface area contributed by atoms with Gasteiger partial charge < -0.3 is 4.90 Å². The Bertz CT molecular complexity index is 1040. The molecule has 2 aromatic rings. The van der Waals surface area contributed by atoms with Gasteiger partial charge in [0.2, 0.25) is 10.0 Å². The number of sulfonamides is 1. The van der Waals surface area contributed by atoms with Crippen molar-refractivity contribution in [3.8, 4) is 0 Å². The third-order valence-corrected chi connectivity index (χ3v) is 7.31. The topological polar surface area (TPSA) is 68.2 Å². The molecule has 2 heterocycles. The summed E-state index contributed by atoms with van der Waals surface area (Å²) >= 11 is 0. The molecule has 0 saturated carbocycles. The lowest BCUT2D eigenvalue weighted by Crippen LogP contribution is -2.54. The fraction of sp³-hybridized carbons (Fsp3) is 0.350. The van der Waals surface area contributed by atoms with E-state index < -0.39 is 10.0 Å². The van der Waals surface area contributed by atoms with Crippen molar-refractivity contribution in [2.75, 3.05) is 36.2 Å². The summed E-state index contributed by atoms with van der Waals surface area (Å²) in [4.78, 5) is 6.46. The maximum absolute atomic E-state index is 13.4. The highest BCUT2D eigenvalue weighted by molar-refractivity contribution is 7.89. The second-order valence-electron chi connectivity index (χ2n) is 7.32. The number of hydrazine groups is 1. The molecule has 0 spiro atoms. The molecule has 1 N–H and O–H groups in total. The Kier molecular flexibility index (Phi) is 5.28. The van der Waals surface area contributed by atoms with Crippen LogP contribution in [0.25, 0.3) is 0 Å². The minimum absolute atomic E-state index is 0.215. The van der Waals surface area contributed by atoms with E-state index in [9.17, 15) is 12.8 Å². The van der Waals surface area contributed by atoms with Gasteiger partial charge in [0.1, 0.15) is 18.8 Å². The number of rotatable bonds is 4. The summed E-state index contributed by atoms with van der Waals surface area (Å²) in [5.41, 5.74) is 5.55. The first-order valence-electron chi connectivity index (χ1n) is 9.52. The van der Waals surface area contributed by atoms with Crippen LogP contribution >= 0.6 is 0 Å². The van der Waals surface area contributed by atoms with E-state index in [0.29, 0.717) is 26.3 Å². The molecule has 1 fully saturated rings. The molecule has 0 aromatic heterocycles. The summed E-state index contributed by atoms with van der Waals surface area (Å²) in [6, 6.07) is 11.3. The zero-order valence-electron chi connectivity index (χ0n) is 16.4. The molecule has 2 aliphatic heterocycles. The molecular formula is C20H24FN5O2S.